The fourth-order valence-electron chi connectivity index (χ4n) is 3.49. The molecule has 0 atom stereocenters. The number of aromatic nitrogens is 2. The minimum Gasteiger partial charge on any atom is -0.341 e. The number of imidazole rings is 1. The van der Waals surface area contributed by atoms with Crippen LogP contribution in [0.25, 0.3) is 11.0 Å². The van der Waals surface area contributed by atoms with Crippen molar-refractivity contribution in [1.82, 2.24) is 9.97 Å². The van der Waals surface area contributed by atoms with Crippen molar-refractivity contribution < 1.29 is 0 Å². The summed E-state index contributed by atoms with van der Waals surface area (Å²) in [6, 6.07) is 4.38. The lowest BCUT2D eigenvalue weighted by molar-refractivity contribution is 0.288. The molecular weight excluding hydrogens is 234 g/mol. The Kier molecular flexibility index (Phi) is 3.09. The largest absolute Gasteiger partial charge is 0.341 e. The quantitative estimate of drug-likeness (QED) is 0.867. The molecule has 1 aromatic carbocycles. The standard InChI is InChI=1S/C16H23N3/c1-11-8-12(2)14-13(9-11)18-15(19-14)16(10-17)6-4-3-5-7-16/h8-9H,3-7,10,17H2,1-2H3,(H,18,19). The highest BCUT2D eigenvalue weighted by atomic mass is 15.0. The van der Waals surface area contributed by atoms with Crippen molar-refractivity contribution in [3.8, 4) is 0 Å². The Hall–Kier alpha value is -1.35. The van der Waals surface area contributed by atoms with Crippen LogP contribution in [0.5, 0.6) is 0 Å². The van der Waals surface area contributed by atoms with Crippen molar-refractivity contribution >= 4 is 11.0 Å². The predicted octanol–water partition coefficient (Wildman–Crippen LogP) is 3.34. The summed E-state index contributed by atoms with van der Waals surface area (Å²) < 4.78 is 0. The van der Waals surface area contributed by atoms with E-state index in [1.165, 1.54) is 43.2 Å². The van der Waals surface area contributed by atoms with Gasteiger partial charge in [0.25, 0.3) is 0 Å². The number of nitrogens with two attached hydrogens (primary N) is 1. The summed E-state index contributed by atoms with van der Waals surface area (Å²) in [7, 11) is 0. The van der Waals surface area contributed by atoms with E-state index in [0.29, 0.717) is 6.54 Å². The number of hydrogen-bond donors (Lipinski definition) is 2. The molecule has 1 aliphatic rings. The smallest absolute Gasteiger partial charge is 0.114 e. The van der Waals surface area contributed by atoms with E-state index in [2.05, 4.69) is 31.0 Å². The molecule has 1 aliphatic carbocycles. The number of H-pyrrole nitrogens is 1. The van der Waals surface area contributed by atoms with Crippen LogP contribution >= 0.6 is 0 Å². The number of aryl methyl sites for hydroxylation is 2. The average Bonchev–Trinajstić information content (AvgIpc) is 2.84. The first-order valence-electron chi connectivity index (χ1n) is 7.32. The van der Waals surface area contributed by atoms with Crippen LogP contribution in [0.15, 0.2) is 12.1 Å². The number of nitrogens with zero attached hydrogens (tertiary/aromatic N) is 1. The van der Waals surface area contributed by atoms with E-state index in [9.17, 15) is 0 Å². The monoisotopic (exact) mass is 257 g/mol. The van der Waals surface area contributed by atoms with Crippen LogP contribution in [0, 0.1) is 13.8 Å². The fourth-order valence-corrected chi connectivity index (χ4v) is 3.49. The molecule has 19 heavy (non-hydrogen) atoms. The molecule has 0 aliphatic heterocycles. The molecule has 3 N–H and O–H groups in total. The summed E-state index contributed by atoms with van der Waals surface area (Å²) in [5, 5.41) is 0. The van der Waals surface area contributed by atoms with Gasteiger partial charge in [0.05, 0.1) is 11.0 Å². The Bertz CT molecular complexity index is 591. The predicted molar refractivity (Wildman–Crippen MR) is 79.4 cm³/mol. The zero-order valence-corrected chi connectivity index (χ0v) is 11.9. The maximum Gasteiger partial charge on any atom is 0.114 e. The van der Waals surface area contributed by atoms with Gasteiger partial charge in [-0.2, -0.15) is 0 Å². The summed E-state index contributed by atoms with van der Waals surface area (Å²) >= 11 is 0. The second kappa shape index (κ2) is 4.64. The molecule has 0 unspecified atom stereocenters. The van der Waals surface area contributed by atoms with Crippen molar-refractivity contribution in [2.24, 2.45) is 5.73 Å². The normalized spacial score (nSPS) is 18.9. The highest BCUT2D eigenvalue weighted by Crippen LogP contribution is 2.38. The Balaban J connectivity index is 2.11. The molecule has 0 bridgehead atoms. The molecule has 1 fully saturated rings. The maximum atomic E-state index is 6.10. The van der Waals surface area contributed by atoms with E-state index in [-0.39, 0.29) is 5.41 Å². The van der Waals surface area contributed by atoms with E-state index in [1.807, 2.05) is 0 Å². The molecule has 0 radical (unpaired) electrons. The topological polar surface area (TPSA) is 54.7 Å². The third-order valence-corrected chi connectivity index (χ3v) is 4.63. The third-order valence-electron chi connectivity index (χ3n) is 4.63. The van der Waals surface area contributed by atoms with Crippen molar-refractivity contribution in [3.63, 3.8) is 0 Å². The summed E-state index contributed by atoms with van der Waals surface area (Å²) in [5.74, 6) is 1.11. The van der Waals surface area contributed by atoms with Crippen LogP contribution in [0.3, 0.4) is 0 Å². The minimum atomic E-state index is 0.0810. The third kappa shape index (κ3) is 2.06. The van der Waals surface area contributed by atoms with Crippen molar-refractivity contribution in [2.45, 2.75) is 51.4 Å². The molecule has 1 saturated carbocycles. The number of rotatable bonds is 2. The van der Waals surface area contributed by atoms with Crippen LogP contribution in [-0.4, -0.2) is 16.5 Å². The summed E-state index contributed by atoms with van der Waals surface area (Å²) in [4.78, 5) is 8.43. The summed E-state index contributed by atoms with van der Waals surface area (Å²) in [6.07, 6.45) is 6.21. The average molecular weight is 257 g/mol. The summed E-state index contributed by atoms with van der Waals surface area (Å²) in [6.45, 7) is 4.97. The van der Waals surface area contributed by atoms with Gasteiger partial charge in [-0.15, -0.1) is 0 Å². The lowest BCUT2D eigenvalue weighted by Crippen LogP contribution is -2.38. The van der Waals surface area contributed by atoms with Crippen molar-refractivity contribution in [2.75, 3.05) is 6.54 Å². The van der Waals surface area contributed by atoms with Gasteiger partial charge in [0.1, 0.15) is 5.82 Å². The molecule has 102 valence electrons. The van der Waals surface area contributed by atoms with Crippen LogP contribution in [0.2, 0.25) is 0 Å². The lowest BCUT2D eigenvalue weighted by atomic mass is 9.73. The first kappa shape index (κ1) is 12.7. The molecule has 3 rings (SSSR count). The first-order chi connectivity index (χ1) is 9.14. The molecular formula is C16H23N3. The number of benzene rings is 1. The molecule has 1 aromatic heterocycles. The Morgan fingerprint density at radius 1 is 1.21 bits per heavy atom. The van der Waals surface area contributed by atoms with Crippen LogP contribution in [0.4, 0.5) is 0 Å². The zero-order valence-electron chi connectivity index (χ0n) is 11.9. The molecule has 3 heteroatoms. The van der Waals surface area contributed by atoms with Gasteiger partial charge in [-0.3, -0.25) is 0 Å². The molecule has 3 nitrogen and oxygen atoms in total. The van der Waals surface area contributed by atoms with E-state index in [1.54, 1.807) is 0 Å². The molecule has 1 heterocycles. The van der Waals surface area contributed by atoms with Crippen LogP contribution in [0.1, 0.15) is 49.1 Å². The first-order valence-corrected chi connectivity index (χ1v) is 7.32. The number of aromatic amines is 1. The molecule has 0 saturated heterocycles. The Morgan fingerprint density at radius 3 is 2.63 bits per heavy atom. The molecule has 2 aromatic rings. The maximum absolute atomic E-state index is 6.10. The lowest BCUT2D eigenvalue weighted by Gasteiger charge is -2.34. The van der Waals surface area contributed by atoms with Gasteiger partial charge >= 0.3 is 0 Å². The zero-order chi connectivity index (χ0) is 13.5. The van der Waals surface area contributed by atoms with E-state index in [0.717, 1.165) is 16.9 Å². The minimum absolute atomic E-state index is 0.0810. The molecule has 0 spiro atoms. The van der Waals surface area contributed by atoms with Gasteiger partial charge in [0.2, 0.25) is 0 Å². The Labute approximate surface area is 114 Å². The van der Waals surface area contributed by atoms with Gasteiger partial charge < -0.3 is 10.7 Å². The van der Waals surface area contributed by atoms with Gasteiger partial charge in [0, 0.05) is 12.0 Å². The number of hydrogen-bond acceptors (Lipinski definition) is 2. The summed E-state index contributed by atoms with van der Waals surface area (Å²) in [5.41, 5.74) is 11.0. The number of fused-ring (bicyclic) bond motifs is 1. The van der Waals surface area contributed by atoms with Crippen molar-refractivity contribution in [1.29, 1.82) is 0 Å². The highest BCUT2D eigenvalue weighted by Gasteiger charge is 2.35. The van der Waals surface area contributed by atoms with Crippen molar-refractivity contribution in [3.05, 3.63) is 29.1 Å². The van der Waals surface area contributed by atoms with Gasteiger partial charge in [-0.1, -0.05) is 25.3 Å². The van der Waals surface area contributed by atoms with Crippen LogP contribution in [-0.2, 0) is 5.41 Å². The SMILES string of the molecule is Cc1cc(C)c2nc(C3(CN)CCCCC3)[nH]c2c1. The van der Waals surface area contributed by atoms with Gasteiger partial charge in [0.15, 0.2) is 0 Å². The van der Waals surface area contributed by atoms with Gasteiger partial charge in [-0.05, 0) is 43.9 Å². The van der Waals surface area contributed by atoms with Crippen LogP contribution < -0.4 is 5.73 Å². The van der Waals surface area contributed by atoms with E-state index < -0.39 is 0 Å². The fraction of sp³-hybridized carbons (Fsp3) is 0.562. The highest BCUT2D eigenvalue weighted by molar-refractivity contribution is 5.79. The van der Waals surface area contributed by atoms with E-state index >= 15 is 0 Å². The molecule has 0 amide bonds. The second-order valence-corrected chi connectivity index (χ2v) is 6.11. The van der Waals surface area contributed by atoms with Gasteiger partial charge in [-0.25, -0.2) is 4.98 Å². The Morgan fingerprint density at radius 2 is 1.95 bits per heavy atom. The second-order valence-electron chi connectivity index (χ2n) is 6.11. The van der Waals surface area contributed by atoms with E-state index in [4.69, 9.17) is 10.7 Å². The number of nitrogens with one attached hydrogen (secondary N) is 1.